The van der Waals surface area contributed by atoms with Crippen LogP contribution in [-0.2, 0) is 13.5 Å². The molecule has 3 heterocycles. The SMILES string of the molecule is Cn1ccnc1-c1nc(NCCc2cnccn2)ncc1-c1ccc(F)cc1. The lowest BCUT2D eigenvalue weighted by molar-refractivity contribution is 0.628. The zero-order valence-electron chi connectivity index (χ0n) is 15.2. The van der Waals surface area contributed by atoms with Crippen LogP contribution in [0.25, 0.3) is 22.6 Å². The predicted molar refractivity (Wildman–Crippen MR) is 104 cm³/mol. The van der Waals surface area contributed by atoms with E-state index in [1.807, 2.05) is 17.8 Å². The number of halogens is 1. The Bertz CT molecular complexity index is 1060. The Hall–Kier alpha value is -3.68. The Kier molecular flexibility index (Phi) is 5.01. The number of hydrogen-bond acceptors (Lipinski definition) is 6. The van der Waals surface area contributed by atoms with E-state index in [1.54, 1.807) is 43.1 Å². The van der Waals surface area contributed by atoms with Gasteiger partial charge in [-0.3, -0.25) is 9.97 Å². The van der Waals surface area contributed by atoms with Gasteiger partial charge in [-0.25, -0.2) is 19.3 Å². The van der Waals surface area contributed by atoms with E-state index in [4.69, 9.17) is 0 Å². The van der Waals surface area contributed by atoms with Gasteiger partial charge in [-0.05, 0) is 17.7 Å². The number of imidazole rings is 1. The van der Waals surface area contributed by atoms with Crippen molar-refractivity contribution in [3.63, 3.8) is 0 Å². The van der Waals surface area contributed by atoms with Crippen LogP contribution in [0.4, 0.5) is 10.3 Å². The number of benzene rings is 1. The number of aryl methyl sites for hydroxylation is 1. The van der Waals surface area contributed by atoms with E-state index in [0.717, 1.165) is 16.8 Å². The van der Waals surface area contributed by atoms with Gasteiger partial charge in [0.2, 0.25) is 5.95 Å². The molecule has 4 rings (SSSR count). The quantitative estimate of drug-likeness (QED) is 0.558. The average molecular weight is 375 g/mol. The molecule has 4 aromatic rings. The van der Waals surface area contributed by atoms with Crippen LogP contribution in [0.15, 0.2) is 61.4 Å². The van der Waals surface area contributed by atoms with Gasteiger partial charge < -0.3 is 9.88 Å². The van der Waals surface area contributed by atoms with Gasteiger partial charge in [-0.2, -0.15) is 0 Å². The number of rotatable bonds is 6. The summed E-state index contributed by atoms with van der Waals surface area (Å²) in [7, 11) is 1.90. The van der Waals surface area contributed by atoms with Crippen LogP contribution in [0.5, 0.6) is 0 Å². The van der Waals surface area contributed by atoms with E-state index in [2.05, 4.69) is 30.2 Å². The molecule has 0 fully saturated rings. The van der Waals surface area contributed by atoms with Gasteiger partial charge >= 0.3 is 0 Å². The van der Waals surface area contributed by atoms with Crippen molar-refractivity contribution < 1.29 is 4.39 Å². The number of hydrogen-bond donors (Lipinski definition) is 1. The molecular formula is C20H18FN7. The number of anilines is 1. The lowest BCUT2D eigenvalue weighted by Gasteiger charge is -2.11. The second-order valence-corrected chi connectivity index (χ2v) is 6.20. The topological polar surface area (TPSA) is 81.4 Å². The highest BCUT2D eigenvalue weighted by Gasteiger charge is 2.15. The summed E-state index contributed by atoms with van der Waals surface area (Å²) in [6.45, 7) is 0.620. The molecule has 8 heteroatoms. The summed E-state index contributed by atoms with van der Waals surface area (Å²) in [5, 5.41) is 3.22. The van der Waals surface area contributed by atoms with Gasteiger partial charge in [-0.1, -0.05) is 12.1 Å². The second-order valence-electron chi connectivity index (χ2n) is 6.20. The Morgan fingerprint density at radius 3 is 2.57 bits per heavy atom. The minimum Gasteiger partial charge on any atom is -0.354 e. The fourth-order valence-corrected chi connectivity index (χ4v) is 2.83. The van der Waals surface area contributed by atoms with Gasteiger partial charge in [0.25, 0.3) is 0 Å². The van der Waals surface area contributed by atoms with Crippen LogP contribution in [0, 0.1) is 5.82 Å². The molecule has 28 heavy (non-hydrogen) atoms. The van der Waals surface area contributed by atoms with Crippen LogP contribution < -0.4 is 5.32 Å². The standard InChI is InChI=1S/C20H18FN7/c1-28-11-10-24-19(28)18-17(14-2-4-15(21)5-3-14)13-26-20(27-18)25-7-6-16-12-22-8-9-23-16/h2-5,8-13H,6-7H2,1H3,(H,25,26,27). The zero-order chi connectivity index (χ0) is 19.3. The molecule has 0 saturated carbocycles. The number of nitrogens with one attached hydrogen (secondary N) is 1. The summed E-state index contributed by atoms with van der Waals surface area (Å²) in [5.74, 6) is 0.914. The molecule has 7 nitrogen and oxygen atoms in total. The zero-order valence-corrected chi connectivity index (χ0v) is 15.2. The first-order valence-electron chi connectivity index (χ1n) is 8.80. The van der Waals surface area contributed by atoms with Gasteiger partial charge in [0, 0.05) is 62.8 Å². The molecule has 0 radical (unpaired) electrons. The van der Waals surface area contributed by atoms with Crippen molar-refractivity contribution >= 4 is 5.95 Å². The van der Waals surface area contributed by atoms with Crippen molar-refractivity contribution in [2.45, 2.75) is 6.42 Å². The summed E-state index contributed by atoms with van der Waals surface area (Å²) < 4.78 is 15.2. The highest BCUT2D eigenvalue weighted by atomic mass is 19.1. The van der Waals surface area contributed by atoms with Crippen LogP contribution in [0.3, 0.4) is 0 Å². The molecule has 0 saturated heterocycles. The number of aromatic nitrogens is 6. The average Bonchev–Trinajstić information content (AvgIpc) is 3.15. The maximum absolute atomic E-state index is 13.3. The Morgan fingerprint density at radius 2 is 1.86 bits per heavy atom. The highest BCUT2D eigenvalue weighted by Crippen LogP contribution is 2.29. The van der Waals surface area contributed by atoms with Gasteiger partial charge in [-0.15, -0.1) is 0 Å². The van der Waals surface area contributed by atoms with E-state index in [9.17, 15) is 4.39 Å². The molecule has 0 atom stereocenters. The van der Waals surface area contributed by atoms with Crippen molar-refractivity contribution in [1.82, 2.24) is 29.5 Å². The van der Waals surface area contributed by atoms with Gasteiger partial charge in [0.15, 0.2) is 5.82 Å². The van der Waals surface area contributed by atoms with Crippen LogP contribution >= 0.6 is 0 Å². The van der Waals surface area contributed by atoms with Gasteiger partial charge in [0.1, 0.15) is 11.5 Å². The Labute approximate surface area is 161 Å². The summed E-state index contributed by atoms with van der Waals surface area (Å²) in [6.07, 6.45) is 11.1. The Balaban J connectivity index is 1.63. The molecular weight excluding hydrogens is 357 g/mol. The smallest absolute Gasteiger partial charge is 0.223 e. The van der Waals surface area contributed by atoms with Crippen molar-refractivity contribution in [2.24, 2.45) is 7.05 Å². The van der Waals surface area contributed by atoms with E-state index in [-0.39, 0.29) is 5.82 Å². The van der Waals surface area contributed by atoms with Crippen LogP contribution in [-0.4, -0.2) is 36.0 Å². The maximum atomic E-state index is 13.3. The van der Waals surface area contributed by atoms with Crippen molar-refractivity contribution in [1.29, 1.82) is 0 Å². The van der Waals surface area contributed by atoms with Crippen molar-refractivity contribution in [3.05, 3.63) is 73.0 Å². The normalized spacial score (nSPS) is 10.8. The second kappa shape index (κ2) is 7.91. The molecule has 0 bridgehead atoms. The van der Waals surface area contributed by atoms with Crippen molar-refractivity contribution in [2.75, 3.05) is 11.9 Å². The minimum atomic E-state index is -0.287. The maximum Gasteiger partial charge on any atom is 0.223 e. The largest absolute Gasteiger partial charge is 0.354 e. The molecule has 0 aliphatic rings. The molecule has 0 amide bonds. The number of nitrogens with zero attached hydrogens (tertiary/aromatic N) is 6. The molecule has 0 unspecified atom stereocenters. The van der Waals surface area contributed by atoms with Gasteiger partial charge in [0.05, 0.1) is 5.69 Å². The summed E-state index contributed by atoms with van der Waals surface area (Å²) >= 11 is 0. The Morgan fingerprint density at radius 1 is 1.00 bits per heavy atom. The minimum absolute atomic E-state index is 0.287. The molecule has 3 aromatic heterocycles. The third-order valence-electron chi connectivity index (χ3n) is 4.26. The van der Waals surface area contributed by atoms with E-state index in [1.165, 1.54) is 12.1 Å². The molecule has 0 aliphatic heterocycles. The fraction of sp³-hybridized carbons (Fsp3) is 0.150. The van der Waals surface area contributed by atoms with Crippen LogP contribution in [0.1, 0.15) is 5.69 Å². The predicted octanol–water partition coefficient (Wildman–Crippen LogP) is 3.13. The fourth-order valence-electron chi connectivity index (χ4n) is 2.83. The third-order valence-corrected chi connectivity index (χ3v) is 4.26. The first-order valence-corrected chi connectivity index (χ1v) is 8.80. The summed E-state index contributed by atoms with van der Waals surface area (Å²) in [5.41, 5.74) is 3.18. The first-order chi connectivity index (χ1) is 13.7. The summed E-state index contributed by atoms with van der Waals surface area (Å²) in [4.78, 5) is 21.8. The third kappa shape index (κ3) is 3.85. The molecule has 0 spiro atoms. The summed E-state index contributed by atoms with van der Waals surface area (Å²) in [6, 6.07) is 6.26. The molecule has 1 aromatic carbocycles. The molecule has 0 aliphatic carbocycles. The monoisotopic (exact) mass is 375 g/mol. The lowest BCUT2D eigenvalue weighted by atomic mass is 10.1. The lowest BCUT2D eigenvalue weighted by Crippen LogP contribution is -2.10. The van der Waals surface area contributed by atoms with Crippen LogP contribution in [0.2, 0.25) is 0 Å². The first kappa shape index (κ1) is 17.7. The van der Waals surface area contributed by atoms with E-state index < -0.39 is 0 Å². The molecule has 1 N–H and O–H groups in total. The highest BCUT2D eigenvalue weighted by molar-refractivity contribution is 5.78. The molecule has 140 valence electrons. The van der Waals surface area contributed by atoms with E-state index >= 15 is 0 Å². The van der Waals surface area contributed by atoms with E-state index in [0.29, 0.717) is 30.4 Å². The van der Waals surface area contributed by atoms with Crippen molar-refractivity contribution in [3.8, 4) is 22.6 Å².